The summed E-state index contributed by atoms with van der Waals surface area (Å²) in [5.74, 6) is -1.76. The molecule has 0 aromatic rings. The monoisotopic (exact) mass is 298 g/mol. The lowest BCUT2D eigenvalue weighted by atomic mass is 9.76. The van der Waals surface area contributed by atoms with Gasteiger partial charge in [0, 0.05) is 19.0 Å². The lowest BCUT2D eigenvalue weighted by molar-refractivity contribution is -0.172. The van der Waals surface area contributed by atoms with E-state index in [1.165, 1.54) is 24.3 Å². The number of carbonyl (C=O) groups excluding carboxylic acids is 1. The Morgan fingerprint density at radius 1 is 1.10 bits per heavy atom. The highest BCUT2D eigenvalue weighted by Gasteiger charge is 2.55. The minimum absolute atomic E-state index is 0.00203. The molecule has 0 N–H and O–H groups in total. The van der Waals surface area contributed by atoms with Crippen LogP contribution in [0, 0.1) is 17.3 Å². The summed E-state index contributed by atoms with van der Waals surface area (Å²) in [5, 5.41) is 0. The molecule has 2 aliphatic heterocycles. The summed E-state index contributed by atoms with van der Waals surface area (Å²) in [6.07, 6.45) is 6.88. The third-order valence-electron chi connectivity index (χ3n) is 6.04. The van der Waals surface area contributed by atoms with Crippen LogP contribution in [0.15, 0.2) is 0 Å². The van der Waals surface area contributed by atoms with Gasteiger partial charge in [-0.3, -0.25) is 4.79 Å². The molecule has 2 saturated heterocycles. The number of likely N-dealkylation sites (tertiary alicyclic amines) is 2. The topological polar surface area (TPSA) is 23.6 Å². The molecular weight excluding hydrogens is 274 g/mol. The standard InChI is InChI=1S/C16H24F2N2O/c17-16(18)10-20(11-16)14(21)13-2-1-5-15(13)6-7-19(9-15)8-12-3-4-12/h12-13H,1-11H2/t13-,15+/m1/s1. The van der Waals surface area contributed by atoms with Crippen molar-refractivity contribution < 1.29 is 13.6 Å². The Balaban J connectivity index is 1.41. The molecule has 4 rings (SSSR count). The zero-order valence-electron chi connectivity index (χ0n) is 12.5. The zero-order chi connectivity index (χ0) is 14.7. The second-order valence-corrected chi connectivity index (χ2v) is 7.79. The fourth-order valence-corrected chi connectivity index (χ4v) is 4.71. The predicted molar refractivity (Wildman–Crippen MR) is 75.1 cm³/mol. The maximum absolute atomic E-state index is 13.0. The van der Waals surface area contributed by atoms with E-state index in [-0.39, 0.29) is 30.3 Å². The Kier molecular flexibility index (Phi) is 3.08. The zero-order valence-corrected chi connectivity index (χ0v) is 12.5. The third-order valence-corrected chi connectivity index (χ3v) is 6.04. The number of carbonyl (C=O) groups is 1. The van der Waals surface area contributed by atoms with Crippen LogP contribution in [0.1, 0.15) is 38.5 Å². The largest absolute Gasteiger partial charge is 0.330 e. The van der Waals surface area contributed by atoms with E-state index in [0.717, 1.165) is 44.7 Å². The van der Waals surface area contributed by atoms with Crippen molar-refractivity contribution in [1.82, 2.24) is 9.80 Å². The fraction of sp³-hybridized carbons (Fsp3) is 0.938. The van der Waals surface area contributed by atoms with Gasteiger partial charge >= 0.3 is 0 Å². The summed E-state index contributed by atoms with van der Waals surface area (Å²) in [6, 6.07) is 0. The van der Waals surface area contributed by atoms with Gasteiger partial charge in [0.2, 0.25) is 5.91 Å². The Labute approximate surface area is 124 Å². The van der Waals surface area contributed by atoms with Crippen LogP contribution in [0.4, 0.5) is 8.78 Å². The molecule has 0 bridgehead atoms. The molecule has 118 valence electrons. The minimum Gasteiger partial charge on any atom is -0.330 e. The van der Waals surface area contributed by atoms with E-state index in [9.17, 15) is 13.6 Å². The maximum atomic E-state index is 13.0. The number of hydrogen-bond donors (Lipinski definition) is 0. The Bertz CT molecular complexity index is 444. The van der Waals surface area contributed by atoms with Crippen LogP contribution >= 0.6 is 0 Å². The molecule has 4 aliphatic rings. The quantitative estimate of drug-likeness (QED) is 0.798. The molecule has 4 fully saturated rings. The number of hydrogen-bond acceptors (Lipinski definition) is 2. The van der Waals surface area contributed by atoms with Gasteiger partial charge in [-0.1, -0.05) is 6.42 Å². The molecule has 5 heteroatoms. The summed E-state index contributed by atoms with van der Waals surface area (Å²) < 4.78 is 26.0. The maximum Gasteiger partial charge on any atom is 0.282 e. The average molecular weight is 298 g/mol. The highest BCUT2D eigenvalue weighted by Crippen LogP contribution is 2.51. The van der Waals surface area contributed by atoms with Crippen LogP contribution in [0.3, 0.4) is 0 Å². The van der Waals surface area contributed by atoms with Gasteiger partial charge < -0.3 is 9.80 Å². The van der Waals surface area contributed by atoms with Crippen molar-refractivity contribution in [3.8, 4) is 0 Å². The van der Waals surface area contributed by atoms with E-state index in [2.05, 4.69) is 4.90 Å². The average Bonchev–Trinajstić information content (AvgIpc) is 2.98. The van der Waals surface area contributed by atoms with Crippen molar-refractivity contribution in [3.63, 3.8) is 0 Å². The normalized spacial score (nSPS) is 39.0. The predicted octanol–water partition coefficient (Wildman–Crippen LogP) is 2.37. The highest BCUT2D eigenvalue weighted by molar-refractivity contribution is 5.81. The first-order valence-corrected chi connectivity index (χ1v) is 8.36. The lowest BCUT2D eigenvalue weighted by Gasteiger charge is -2.42. The molecule has 2 heterocycles. The Morgan fingerprint density at radius 3 is 2.52 bits per heavy atom. The molecule has 21 heavy (non-hydrogen) atoms. The number of nitrogens with zero attached hydrogens (tertiary/aromatic N) is 2. The number of alkyl halides is 2. The molecule has 0 unspecified atom stereocenters. The molecule has 1 amide bonds. The molecule has 0 radical (unpaired) electrons. The van der Waals surface area contributed by atoms with Crippen molar-refractivity contribution in [3.05, 3.63) is 0 Å². The number of halogens is 2. The van der Waals surface area contributed by atoms with E-state index in [1.54, 1.807) is 0 Å². The first-order valence-electron chi connectivity index (χ1n) is 8.36. The van der Waals surface area contributed by atoms with Crippen LogP contribution in [0.5, 0.6) is 0 Å². The van der Waals surface area contributed by atoms with Crippen molar-refractivity contribution in [2.45, 2.75) is 44.4 Å². The summed E-state index contributed by atoms with van der Waals surface area (Å²) in [5.41, 5.74) is 0.0941. The molecule has 2 aliphatic carbocycles. The third kappa shape index (κ3) is 2.47. The van der Waals surface area contributed by atoms with Gasteiger partial charge in [0.25, 0.3) is 5.92 Å². The molecule has 3 nitrogen and oxygen atoms in total. The summed E-state index contributed by atoms with van der Waals surface area (Å²) in [7, 11) is 0. The van der Waals surface area contributed by atoms with E-state index < -0.39 is 5.92 Å². The molecule has 0 aromatic carbocycles. The highest BCUT2D eigenvalue weighted by atomic mass is 19.3. The van der Waals surface area contributed by atoms with Gasteiger partial charge in [0.15, 0.2) is 0 Å². The van der Waals surface area contributed by atoms with Crippen molar-refractivity contribution in [2.24, 2.45) is 17.3 Å². The smallest absolute Gasteiger partial charge is 0.282 e. The molecular formula is C16H24F2N2O. The van der Waals surface area contributed by atoms with E-state index in [1.807, 2.05) is 0 Å². The van der Waals surface area contributed by atoms with E-state index in [4.69, 9.17) is 0 Å². The van der Waals surface area contributed by atoms with Gasteiger partial charge in [-0.15, -0.1) is 0 Å². The number of amides is 1. The number of rotatable bonds is 3. The van der Waals surface area contributed by atoms with Crippen LogP contribution in [-0.2, 0) is 4.79 Å². The van der Waals surface area contributed by atoms with Crippen LogP contribution in [0.2, 0.25) is 0 Å². The van der Waals surface area contributed by atoms with Crippen molar-refractivity contribution >= 4 is 5.91 Å². The fourth-order valence-electron chi connectivity index (χ4n) is 4.71. The van der Waals surface area contributed by atoms with Crippen LogP contribution in [-0.4, -0.2) is 54.4 Å². The van der Waals surface area contributed by atoms with Crippen molar-refractivity contribution in [1.29, 1.82) is 0 Å². The molecule has 1 spiro atoms. The molecule has 2 atom stereocenters. The van der Waals surface area contributed by atoms with Gasteiger partial charge in [-0.2, -0.15) is 0 Å². The van der Waals surface area contributed by atoms with E-state index >= 15 is 0 Å². The second-order valence-electron chi connectivity index (χ2n) is 7.79. The van der Waals surface area contributed by atoms with Gasteiger partial charge in [-0.25, -0.2) is 8.78 Å². The van der Waals surface area contributed by atoms with Gasteiger partial charge in [0.05, 0.1) is 13.1 Å². The van der Waals surface area contributed by atoms with Crippen molar-refractivity contribution in [2.75, 3.05) is 32.7 Å². The lowest BCUT2D eigenvalue weighted by Crippen LogP contribution is -2.60. The summed E-state index contributed by atoms with van der Waals surface area (Å²) in [4.78, 5) is 16.5. The van der Waals surface area contributed by atoms with Crippen LogP contribution < -0.4 is 0 Å². The minimum atomic E-state index is -2.64. The Hall–Kier alpha value is -0.710. The van der Waals surface area contributed by atoms with E-state index in [0.29, 0.717) is 0 Å². The van der Waals surface area contributed by atoms with Gasteiger partial charge in [-0.05, 0) is 50.0 Å². The summed E-state index contributed by atoms with van der Waals surface area (Å²) in [6.45, 7) is 2.58. The summed E-state index contributed by atoms with van der Waals surface area (Å²) >= 11 is 0. The van der Waals surface area contributed by atoms with Gasteiger partial charge in [0.1, 0.15) is 0 Å². The molecule has 0 aromatic heterocycles. The first kappa shape index (κ1) is 13.9. The first-order chi connectivity index (χ1) is 9.97. The SMILES string of the molecule is O=C([C@H]1CCC[C@@]12CCN(CC1CC1)C2)N1CC(F)(F)C1. The molecule has 2 saturated carbocycles. The second kappa shape index (κ2) is 4.64. The Morgan fingerprint density at radius 2 is 1.86 bits per heavy atom. The van der Waals surface area contributed by atoms with Crippen LogP contribution in [0.25, 0.3) is 0 Å².